The number of aromatic nitrogens is 2. The second kappa shape index (κ2) is 6.83. The van der Waals surface area contributed by atoms with E-state index in [2.05, 4.69) is 21.4 Å². The van der Waals surface area contributed by atoms with Crippen molar-refractivity contribution < 1.29 is 10.1 Å². The third-order valence-corrected chi connectivity index (χ3v) is 4.48. The SMILES string of the molecule is O=C1c2ccccc2[C@H]([NH2+]Cc2cccnc2)N1Cc1cccnc1. The number of hydrogen-bond acceptors (Lipinski definition) is 3. The Balaban J connectivity index is 1.60. The Bertz CT molecular complexity index is 867. The average molecular weight is 331 g/mol. The molecule has 1 aliphatic rings. The Hall–Kier alpha value is -3.05. The molecular weight excluding hydrogens is 312 g/mol. The first-order valence-electron chi connectivity index (χ1n) is 8.34. The molecule has 3 heterocycles. The summed E-state index contributed by atoms with van der Waals surface area (Å²) >= 11 is 0. The minimum Gasteiger partial charge on any atom is -0.319 e. The van der Waals surface area contributed by atoms with Gasteiger partial charge in [-0.2, -0.15) is 0 Å². The lowest BCUT2D eigenvalue weighted by molar-refractivity contribution is -0.727. The zero-order valence-electron chi connectivity index (χ0n) is 13.7. The van der Waals surface area contributed by atoms with Crippen LogP contribution >= 0.6 is 0 Å². The van der Waals surface area contributed by atoms with Crippen molar-refractivity contribution in [2.75, 3.05) is 0 Å². The average Bonchev–Trinajstić information content (AvgIpc) is 2.94. The molecule has 0 radical (unpaired) electrons. The molecule has 5 nitrogen and oxygen atoms in total. The lowest BCUT2D eigenvalue weighted by Crippen LogP contribution is -2.86. The number of carbonyl (C=O) groups excluding carboxylic acids is 1. The second-order valence-corrected chi connectivity index (χ2v) is 6.13. The van der Waals surface area contributed by atoms with Crippen LogP contribution < -0.4 is 5.32 Å². The molecule has 25 heavy (non-hydrogen) atoms. The quantitative estimate of drug-likeness (QED) is 0.777. The van der Waals surface area contributed by atoms with Crippen LogP contribution in [-0.2, 0) is 13.1 Å². The number of amides is 1. The Morgan fingerprint density at radius 3 is 2.36 bits per heavy atom. The lowest BCUT2D eigenvalue weighted by Gasteiger charge is -2.23. The van der Waals surface area contributed by atoms with E-state index < -0.39 is 0 Å². The van der Waals surface area contributed by atoms with E-state index in [9.17, 15) is 4.79 Å². The summed E-state index contributed by atoms with van der Waals surface area (Å²) in [6, 6.07) is 15.8. The molecule has 2 N–H and O–H groups in total. The van der Waals surface area contributed by atoms with E-state index in [0.717, 1.165) is 28.8 Å². The van der Waals surface area contributed by atoms with Crippen molar-refractivity contribution in [2.24, 2.45) is 0 Å². The summed E-state index contributed by atoms with van der Waals surface area (Å²) in [5, 5.41) is 2.19. The third-order valence-electron chi connectivity index (χ3n) is 4.48. The molecule has 0 unspecified atom stereocenters. The number of pyridine rings is 2. The summed E-state index contributed by atoms with van der Waals surface area (Å²) < 4.78 is 0. The van der Waals surface area contributed by atoms with Crippen LogP contribution in [0.25, 0.3) is 0 Å². The van der Waals surface area contributed by atoms with E-state index >= 15 is 0 Å². The molecule has 0 bridgehead atoms. The highest BCUT2D eigenvalue weighted by Gasteiger charge is 2.38. The molecule has 1 aromatic carbocycles. The zero-order valence-corrected chi connectivity index (χ0v) is 13.7. The Morgan fingerprint density at radius 2 is 1.64 bits per heavy atom. The van der Waals surface area contributed by atoms with Crippen molar-refractivity contribution in [3.05, 3.63) is 95.6 Å². The van der Waals surface area contributed by atoms with Gasteiger partial charge in [0.2, 0.25) is 0 Å². The van der Waals surface area contributed by atoms with Crippen LogP contribution in [0.4, 0.5) is 0 Å². The van der Waals surface area contributed by atoms with E-state index in [1.54, 1.807) is 12.4 Å². The molecule has 124 valence electrons. The molecule has 0 saturated heterocycles. The van der Waals surface area contributed by atoms with Gasteiger partial charge in [0.15, 0.2) is 6.17 Å². The maximum Gasteiger partial charge on any atom is 0.259 e. The molecule has 0 fully saturated rings. The van der Waals surface area contributed by atoms with Gasteiger partial charge in [0.25, 0.3) is 5.91 Å². The number of quaternary nitrogens is 1. The van der Waals surface area contributed by atoms with Crippen LogP contribution in [0.5, 0.6) is 0 Å². The van der Waals surface area contributed by atoms with Gasteiger partial charge in [0.05, 0.1) is 12.1 Å². The summed E-state index contributed by atoms with van der Waals surface area (Å²) in [6.07, 6.45) is 7.16. The molecule has 0 aliphatic carbocycles. The predicted molar refractivity (Wildman–Crippen MR) is 93.2 cm³/mol. The zero-order chi connectivity index (χ0) is 17.1. The van der Waals surface area contributed by atoms with Gasteiger partial charge in [-0.1, -0.05) is 30.3 Å². The lowest BCUT2D eigenvalue weighted by atomic mass is 10.1. The normalized spacial score (nSPS) is 16.1. The second-order valence-electron chi connectivity index (χ2n) is 6.13. The first kappa shape index (κ1) is 15.5. The summed E-state index contributed by atoms with van der Waals surface area (Å²) in [5.41, 5.74) is 4.03. The smallest absolute Gasteiger partial charge is 0.259 e. The van der Waals surface area contributed by atoms with E-state index in [1.807, 2.05) is 59.8 Å². The van der Waals surface area contributed by atoms with E-state index in [0.29, 0.717) is 6.54 Å². The van der Waals surface area contributed by atoms with Crippen molar-refractivity contribution in [2.45, 2.75) is 19.3 Å². The van der Waals surface area contributed by atoms with Crippen molar-refractivity contribution in [3.63, 3.8) is 0 Å². The molecule has 2 aromatic heterocycles. The molecule has 1 atom stereocenters. The number of benzene rings is 1. The maximum atomic E-state index is 12.9. The Morgan fingerprint density at radius 1 is 0.920 bits per heavy atom. The van der Waals surface area contributed by atoms with Gasteiger partial charge in [0, 0.05) is 35.9 Å². The van der Waals surface area contributed by atoms with Crippen LogP contribution in [0.2, 0.25) is 0 Å². The molecule has 5 heteroatoms. The highest BCUT2D eigenvalue weighted by Crippen LogP contribution is 2.30. The number of hydrogen-bond donors (Lipinski definition) is 1. The van der Waals surface area contributed by atoms with E-state index in [-0.39, 0.29) is 12.1 Å². The monoisotopic (exact) mass is 331 g/mol. The van der Waals surface area contributed by atoms with Crippen LogP contribution in [0.15, 0.2) is 73.3 Å². The highest BCUT2D eigenvalue weighted by molar-refractivity contribution is 5.98. The largest absolute Gasteiger partial charge is 0.319 e. The van der Waals surface area contributed by atoms with Gasteiger partial charge in [-0.3, -0.25) is 19.7 Å². The fourth-order valence-corrected chi connectivity index (χ4v) is 3.28. The Kier molecular flexibility index (Phi) is 4.23. The first-order chi connectivity index (χ1) is 12.3. The van der Waals surface area contributed by atoms with E-state index in [4.69, 9.17) is 0 Å². The Labute approximate surface area is 146 Å². The standard InChI is InChI=1S/C20H18N4O/c25-20-18-8-2-1-7-17(18)19(23-13-15-5-3-9-21-11-15)24(20)14-16-6-4-10-22-12-16/h1-12,19,23H,13-14H2/p+1/t19-/m1/s1. The van der Waals surface area contributed by atoms with Crippen molar-refractivity contribution in [1.82, 2.24) is 14.9 Å². The topological polar surface area (TPSA) is 62.7 Å². The van der Waals surface area contributed by atoms with Crippen LogP contribution in [0.3, 0.4) is 0 Å². The van der Waals surface area contributed by atoms with Gasteiger partial charge in [-0.05, 0) is 23.8 Å². The van der Waals surface area contributed by atoms with Crippen molar-refractivity contribution >= 4 is 5.91 Å². The van der Waals surface area contributed by atoms with Gasteiger partial charge in [-0.25, -0.2) is 0 Å². The fraction of sp³-hybridized carbons (Fsp3) is 0.150. The van der Waals surface area contributed by atoms with Crippen LogP contribution in [-0.4, -0.2) is 20.8 Å². The van der Waals surface area contributed by atoms with Crippen molar-refractivity contribution in [3.8, 4) is 0 Å². The molecule has 0 saturated carbocycles. The van der Waals surface area contributed by atoms with Crippen LogP contribution in [0.1, 0.15) is 33.2 Å². The van der Waals surface area contributed by atoms with E-state index in [1.165, 1.54) is 0 Å². The summed E-state index contributed by atoms with van der Waals surface area (Å²) in [6.45, 7) is 1.32. The van der Waals surface area contributed by atoms with Crippen molar-refractivity contribution in [1.29, 1.82) is 0 Å². The molecule has 4 rings (SSSR count). The minimum absolute atomic E-state index is 0.0379. The number of carbonyl (C=O) groups is 1. The van der Waals surface area contributed by atoms with Gasteiger partial charge in [-0.15, -0.1) is 0 Å². The number of nitrogens with zero attached hydrogens (tertiary/aromatic N) is 3. The molecule has 1 amide bonds. The number of fused-ring (bicyclic) bond motifs is 1. The van der Waals surface area contributed by atoms with Gasteiger partial charge < -0.3 is 5.32 Å². The predicted octanol–water partition coefficient (Wildman–Crippen LogP) is 1.89. The number of nitrogens with two attached hydrogens (primary N) is 1. The molecule has 3 aromatic rings. The summed E-state index contributed by atoms with van der Waals surface area (Å²) in [5.74, 6) is 0.0758. The third kappa shape index (κ3) is 3.14. The summed E-state index contributed by atoms with van der Waals surface area (Å²) in [7, 11) is 0. The molecule has 1 aliphatic heterocycles. The van der Waals surface area contributed by atoms with Gasteiger partial charge >= 0.3 is 0 Å². The van der Waals surface area contributed by atoms with Gasteiger partial charge in [0.1, 0.15) is 6.54 Å². The maximum absolute atomic E-state index is 12.9. The fourth-order valence-electron chi connectivity index (χ4n) is 3.28. The molecule has 0 spiro atoms. The summed E-state index contributed by atoms with van der Waals surface area (Å²) in [4.78, 5) is 23.1. The highest BCUT2D eigenvalue weighted by atomic mass is 16.2. The first-order valence-corrected chi connectivity index (χ1v) is 8.34. The van der Waals surface area contributed by atoms with Crippen LogP contribution in [0, 0.1) is 0 Å². The minimum atomic E-state index is -0.0379. The molecular formula is C20H19N4O+. The number of rotatable bonds is 5.